The number of hydrogen-bond acceptors (Lipinski definition) is 4. The molecule has 4 N–H and O–H groups in total. The summed E-state index contributed by atoms with van der Waals surface area (Å²) in [7, 11) is 0. The summed E-state index contributed by atoms with van der Waals surface area (Å²) >= 11 is 0. The van der Waals surface area contributed by atoms with Gasteiger partial charge in [-0.2, -0.15) is 0 Å². The highest BCUT2D eigenvalue weighted by Crippen LogP contribution is 2.45. The van der Waals surface area contributed by atoms with Crippen molar-refractivity contribution in [2.75, 3.05) is 0 Å². The van der Waals surface area contributed by atoms with Crippen molar-refractivity contribution in [1.82, 2.24) is 0 Å². The van der Waals surface area contributed by atoms with E-state index in [4.69, 9.17) is 0 Å². The number of aromatic hydroxyl groups is 4. The molecule has 0 aromatic heterocycles. The van der Waals surface area contributed by atoms with Crippen LogP contribution in [-0.2, 0) is 10.8 Å². The number of phenols is 4. The van der Waals surface area contributed by atoms with E-state index < -0.39 is 0 Å². The zero-order valence-corrected chi connectivity index (χ0v) is 22.7. The second-order valence-corrected chi connectivity index (χ2v) is 10.7. The lowest BCUT2D eigenvalue weighted by molar-refractivity contribution is 0.394. The van der Waals surface area contributed by atoms with Crippen LogP contribution in [0.1, 0.15) is 72.9 Å². The first-order chi connectivity index (χ1) is 18.1. The van der Waals surface area contributed by atoms with Crippen molar-refractivity contribution in [3.8, 4) is 23.0 Å². The molecule has 0 spiro atoms. The molecule has 4 nitrogen and oxygen atoms in total. The van der Waals surface area contributed by atoms with Crippen molar-refractivity contribution in [3.05, 3.63) is 118 Å². The van der Waals surface area contributed by atoms with Crippen molar-refractivity contribution >= 4 is 0 Å². The number of phenolic OH excluding ortho intramolecular Hbond substituents is 4. The van der Waals surface area contributed by atoms with Crippen molar-refractivity contribution in [1.29, 1.82) is 0 Å². The van der Waals surface area contributed by atoms with E-state index in [0.717, 1.165) is 59.1 Å². The van der Waals surface area contributed by atoms with Gasteiger partial charge in [0, 0.05) is 10.8 Å². The third-order valence-corrected chi connectivity index (χ3v) is 8.39. The highest BCUT2D eigenvalue weighted by atomic mass is 16.3. The van der Waals surface area contributed by atoms with E-state index >= 15 is 0 Å². The summed E-state index contributed by atoms with van der Waals surface area (Å²) in [5.41, 5.74) is 5.53. The number of hydrogen-bond donors (Lipinski definition) is 4. The SMILES string of the molecule is CCC(CCCC(C)(c1ccc(O)c(C)c1)c1ccc(O)c(C)c1)(c1ccc(O)cc1)c1ccc(O)cc1. The van der Waals surface area contributed by atoms with Gasteiger partial charge in [0.05, 0.1) is 0 Å². The first-order valence-corrected chi connectivity index (χ1v) is 13.3. The van der Waals surface area contributed by atoms with E-state index in [2.05, 4.69) is 26.0 Å². The van der Waals surface area contributed by atoms with Crippen LogP contribution in [0.2, 0.25) is 0 Å². The summed E-state index contributed by atoms with van der Waals surface area (Å²) in [5.74, 6) is 1.04. The first kappa shape index (κ1) is 27.1. The minimum atomic E-state index is -0.347. The van der Waals surface area contributed by atoms with E-state index in [1.165, 1.54) is 0 Å². The third kappa shape index (κ3) is 5.22. The highest BCUT2D eigenvalue weighted by molar-refractivity contribution is 5.47. The molecule has 198 valence electrons. The molecule has 0 aliphatic heterocycles. The van der Waals surface area contributed by atoms with Crippen molar-refractivity contribution < 1.29 is 20.4 Å². The van der Waals surface area contributed by atoms with Gasteiger partial charge in [-0.1, -0.05) is 68.8 Å². The van der Waals surface area contributed by atoms with E-state index in [1.54, 1.807) is 36.4 Å². The molecule has 0 saturated carbocycles. The molecule has 38 heavy (non-hydrogen) atoms. The van der Waals surface area contributed by atoms with Gasteiger partial charge in [0.15, 0.2) is 0 Å². The van der Waals surface area contributed by atoms with E-state index in [9.17, 15) is 20.4 Å². The van der Waals surface area contributed by atoms with Crippen LogP contribution >= 0.6 is 0 Å². The molecule has 0 saturated heterocycles. The Morgan fingerprint density at radius 2 is 0.947 bits per heavy atom. The van der Waals surface area contributed by atoms with Gasteiger partial charge in [-0.25, -0.2) is 0 Å². The Labute approximate surface area is 225 Å². The predicted molar refractivity (Wildman–Crippen MR) is 153 cm³/mol. The lowest BCUT2D eigenvalue weighted by Gasteiger charge is -2.37. The molecule has 0 aliphatic carbocycles. The van der Waals surface area contributed by atoms with Crippen LogP contribution in [0.15, 0.2) is 84.9 Å². The molecular weight excluding hydrogens is 472 g/mol. The molecule has 4 rings (SSSR count). The highest BCUT2D eigenvalue weighted by Gasteiger charge is 2.35. The van der Waals surface area contributed by atoms with Crippen molar-refractivity contribution in [3.63, 3.8) is 0 Å². The Balaban J connectivity index is 1.74. The Morgan fingerprint density at radius 1 is 0.553 bits per heavy atom. The fourth-order valence-corrected chi connectivity index (χ4v) is 5.80. The minimum Gasteiger partial charge on any atom is -0.508 e. The molecule has 4 aromatic carbocycles. The summed E-state index contributed by atoms with van der Waals surface area (Å²) in [5, 5.41) is 40.3. The molecule has 0 radical (unpaired) electrons. The molecule has 0 amide bonds. The molecule has 0 bridgehead atoms. The molecule has 4 heteroatoms. The predicted octanol–water partition coefficient (Wildman–Crippen LogP) is 8.00. The quantitative estimate of drug-likeness (QED) is 0.184. The molecular formula is C34H38O4. The molecule has 4 aromatic rings. The van der Waals surface area contributed by atoms with Gasteiger partial charge in [0.25, 0.3) is 0 Å². The van der Waals surface area contributed by atoms with Gasteiger partial charge >= 0.3 is 0 Å². The van der Waals surface area contributed by atoms with Crippen LogP contribution in [-0.4, -0.2) is 20.4 Å². The summed E-state index contributed by atoms with van der Waals surface area (Å²) in [6.07, 6.45) is 3.46. The Bertz CT molecular complexity index is 1290. The second kappa shape index (κ2) is 10.8. The largest absolute Gasteiger partial charge is 0.508 e. The average molecular weight is 511 g/mol. The summed E-state index contributed by atoms with van der Waals surface area (Å²) < 4.78 is 0. The lowest BCUT2D eigenvalue weighted by atomic mass is 9.66. The summed E-state index contributed by atoms with van der Waals surface area (Å²) in [6.45, 7) is 8.25. The normalized spacial score (nSPS) is 12.0. The molecule has 0 aliphatic rings. The Kier molecular flexibility index (Phi) is 7.73. The van der Waals surface area contributed by atoms with Crippen LogP contribution < -0.4 is 0 Å². The van der Waals surface area contributed by atoms with Crippen LogP contribution in [0.3, 0.4) is 0 Å². The Hall–Kier alpha value is -3.92. The van der Waals surface area contributed by atoms with E-state index in [-0.39, 0.29) is 33.8 Å². The molecule has 0 heterocycles. The van der Waals surface area contributed by atoms with Gasteiger partial charge in [-0.3, -0.25) is 0 Å². The third-order valence-electron chi connectivity index (χ3n) is 8.39. The smallest absolute Gasteiger partial charge is 0.118 e. The van der Waals surface area contributed by atoms with Gasteiger partial charge in [0.1, 0.15) is 23.0 Å². The van der Waals surface area contributed by atoms with Gasteiger partial charge in [-0.05, 0) is 103 Å². The topological polar surface area (TPSA) is 80.9 Å². The monoisotopic (exact) mass is 510 g/mol. The fraction of sp³-hybridized carbons (Fsp3) is 0.294. The first-order valence-electron chi connectivity index (χ1n) is 13.3. The zero-order chi connectivity index (χ0) is 27.5. The van der Waals surface area contributed by atoms with Gasteiger partial charge in [-0.15, -0.1) is 0 Å². The van der Waals surface area contributed by atoms with Gasteiger partial charge in [0.2, 0.25) is 0 Å². The van der Waals surface area contributed by atoms with Gasteiger partial charge < -0.3 is 20.4 Å². The standard InChI is InChI=1S/C34H38O4/c1-5-34(25-7-13-29(35)14-8-25,26-9-15-30(36)16-10-26)20-6-19-33(4,27-11-17-31(37)23(2)21-27)28-12-18-32(38)24(3)22-28/h7-18,21-22,35-38H,5-6,19-20H2,1-4H3. The molecule has 0 atom stereocenters. The molecule has 0 fully saturated rings. The Morgan fingerprint density at radius 3 is 1.32 bits per heavy atom. The van der Waals surface area contributed by atoms with Crippen LogP contribution in [0.5, 0.6) is 23.0 Å². The number of aryl methyl sites for hydroxylation is 2. The maximum atomic E-state index is 10.2. The maximum absolute atomic E-state index is 10.2. The lowest BCUT2D eigenvalue weighted by Crippen LogP contribution is -2.29. The zero-order valence-electron chi connectivity index (χ0n) is 22.7. The average Bonchev–Trinajstić information content (AvgIpc) is 2.91. The second-order valence-electron chi connectivity index (χ2n) is 10.7. The van der Waals surface area contributed by atoms with E-state index in [0.29, 0.717) is 0 Å². The minimum absolute atomic E-state index is 0.238. The summed E-state index contributed by atoms with van der Waals surface area (Å²) in [4.78, 5) is 0. The maximum Gasteiger partial charge on any atom is 0.118 e. The fourth-order valence-electron chi connectivity index (χ4n) is 5.80. The van der Waals surface area contributed by atoms with Crippen LogP contribution in [0.25, 0.3) is 0 Å². The van der Waals surface area contributed by atoms with Crippen molar-refractivity contribution in [2.45, 2.75) is 64.2 Å². The number of benzene rings is 4. The molecule has 0 unspecified atom stereocenters. The van der Waals surface area contributed by atoms with Crippen LogP contribution in [0.4, 0.5) is 0 Å². The van der Waals surface area contributed by atoms with Crippen LogP contribution in [0, 0.1) is 13.8 Å². The van der Waals surface area contributed by atoms with Crippen molar-refractivity contribution in [2.24, 2.45) is 0 Å². The number of rotatable bonds is 9. The summed E-state index contributed by atoms with van der Waals surface area (Å²) in [6, 6.07) is 26.6. The van der Waals surface area contributed by atoms with E-state index in [1.807, 2.05) is 50.2 Å².